The fourth-order valence-corrected chi connectivity index (χ4v) is 4.77. The number of piperidine rings is 1. The highest BCUT2D eigenvalue weighted by Crippen LogP contribution is 2.31. The van der Waals surface area contributed by atoms with Gasteiger partial charge < -0.3 is 10.2 Å². The Labute approximate surface area is 214 Å². The summed E-state index contributed by atoms with van der Waals surface area (Å²) in [5.74, 6) is -0.451. The summed E-state index contributed by atoms with van der Waals surface area (Å²) in [7, 11) is 0. The van der Waals surface area contributed by atoms with Gasteiger partial charge in [0.05, 0.1) is 29.4 Å². The molecule has 0 spiro atoms. The minimum Gasteiger partial charge on any atom is -0.338 e. The van der Waals surface area contributed by atoms with Gasteiger partial charge in [-0.05, 0) is 48.6 Å². The van der Waals surface area contributed by atoms with Gasteiger partial charge in [-0.1, -0.05) is 50.6 Å². The Morgan fingerprint density at radius 2 is 1.70 bits per heavy atom. The lowest BCUT2D eigenvalue weighted by atomic mass is 9.85. The molecule has 0 saturated carbocycles. The molecular formula is C28H31F3N4O2. The quantitative estimate of drug-likeness (QED) is 0.413. The maximum absolute atomic E-state index is 13.2. The maximum Gasteiger partial charge on any atom is 0.416 e. The number of aromatic nitrogens is 2. The molecule has 1 N–H and O–H groups in total. The smallest absolute Gasteiger partial charge is 0.338 e. The minimum atomic E-state index is -4.43. The van der Waals surface area contributed by atoms with Crippen LogP contribution in [0.1, 0.15) is 66.6 Å². The molecule has 0 aliphatic carbocycles. The van der Waals surface area contributed by atoms with Gasteiger partial charge in [0.15, 0.2) is 0 Å². The van der Waals surface area contributed by atoms with E-state index in [1.807, 2.05) is 41.2 Å². The van der Waals surface area contributed by atoms with Crippen LogP contribution in [-0.4, -0.2) is 39.6 Å². The second-order valence-corrected chi connectivity index (χ2v) is 9.57. The molecule has 3 aromatic rings. The van der Waals surface area contributed by atoms with E-state index in [0.717, 1.165) is 24.1 Å². The van der Waals surface area contributed by atoms with E-state index in [9.17, 15) is 22.8 Å². The van der Waals surface area contributed by atoms with Crippen LogP contribution in [0.5, 0.6) is 0 Å². The summed E-state index contributed by atoms with van der Waals surface area (Å²) >= 11 is 0. The number of nitrogens with zero attached hydrogens (tertiary/aromatic N) is 3. The molecule has 2 unspecified atom stereocenters. The molecule has 37 heavy (non-hydrogen) atoms. The molecular weight excluding hydrogens is 481 g/mol. The number of hydrogen-bond acceptors (Lipinski definition) is 3. The number of hydrogen-bond donors (Lipinski definition) is 1. The van der Waals surface area contributed by atoms with Gasteiger partial charge in [-0.15, -0.1) is 0 Å². The van der Waals surface area contributed by atoms with Gasteiger partial charge in [0.25, 0.3) is 5.91 Å². The largest absolute Gasteiger partial charge is 0.416 e. The first-order valence-electron chi connectivity index (χ1n) is 12.5. The summed E-state index contributed by atoms with van der Waals surface area (Å²) in [4.78, 5) is 27.6. The van der Waals surface area contributed by atoms with Crippen molar-refractivity contribution in [2.75, 3.05) is 18.4 Å². The number of anilines is 1. The molecule has 2 heterocycles. The number of nitrogens with one attached hydrogen (secondary N) is 1. The van der Waals surface area contributed by atoms with Crippen molar-refractivity contribution in [3.05, 3.63) is 83.7 Å². The molecule has 196 valence electrons. The van der Waals surface area contributed by atoms with E-state index in [4.69, 9.17) is 0 Å². The normalized spacial score (nSPS) is 16.3. The number of carbonyl (C=O) groups excluding carboxylic acids is 2. The van der Waals surface area contributed by atoms with E-state index in [1.54, 1.807) is 11.1 Å². The van der Waals surface area contributed by atoms with Gasteiger partial charge in [0, 0.05) is 24.8 Å². The number of benzene rings is 2. The molecule has 0 bridgehead atoms. The zero-order valence-electron chi connectivity index (χ0n) is 20.9. The van der Waals surface area contributed by atoms with Crippen molar-refractivity contribution in [2.45, 2.75) is 51.2 Å². The van der Waals surface area contributed by atoms with E-state index in [2.05, 4.69) is 24.3 Å². The topological polar surface area (TPSA) is 67.2 Å². The predicted octanol–water partition coefficient (Wildman–Crippen LogP) is 6.15. The van der Waals surface area contributed by atoms with E-state index < -0.39 is 11.7 Å². The van der Waals surface area contributed by atoms with Crippen molar-refractivity contribution >= 4 is 17.5 Å². The Balaban J connectivity index is 1.35. The molecule has 1 aliphatic rings. The van der Waals surface area contributed by atoms with Crippen molar-refractivity contribution in [3.63, 3.8) is 0 Å². The van der Waals surface area contributed by atoms with E-state index in [-0.39, 0.29) is 35.3 Å². The second-order valence-electron chi connectivity index (χ2n) is 9.57. The summed E-state index contributed by atoms with van der Waals surface area (Å²) in [6, 6.07) is 14.1. The molecule has 1 fully saturated rings. The van der Waals surface area contributed by atoms with Crippen LogP contribution in [0.25, 0.3) is 0 Å². The van der Waals surface area contributed by atoms with Crippen LogP contribution in [0, 0.1) is 5.92 Å². The predicted molar refractivity (Wildman–Crippen MR) is 135 cm³/mol. The monoisotopic (exact) mass is 512 g/mol. The van der Waals surface area contributed by atoms with E-state index >= 15 is 0 Å². The van der Waals surface area contributed by atoms with Crippen LogP contribution in [0.2, 0.25) is 0 Å². The van der Waals surface area contributed by atoms with Gasteiger partial charge >= 0.3 is 6.18 Å². The Kier molecular flexibility index (Phi) is 8.00. The first-order valence-corrected chi connectivity index (χ1v) is 12.5. The average molecular weight is 513 g/mol. The Hall–Kier alpha value is -3.62. The lowest BCUT2D eigenvalue weighted by molar-refractivity contribution is -0.137. The maximum atomic E-state index is 13.2. The average Bonchev–Trinajstić information content (AvgIpc) is 3.37. The molecule has 1 aliphatic heterocycles. The number of likely N-dealkylation sites (tertiary alicyclic amines) is 1. The second kappa shape index (κ2) is 11.2. The Morgan fingerprint density at radius 1 is 1.05 bits per heavy atom. The van der Waals surface area contributed by atoms with Crippen LogP contribution in [-0.2, 0) is 11.0 Å². The number of amides is 2. The molecule has 9 heteroatoms. The van der Waals surface area contributed by atoms with Crippen LogP contribution in [0.3, 0.4) is 0 Å². The van der Waals surface area contributed by atoms with Gasteiger partial charge in [-0.3, -0.25) is 14.3 Å². The Bertz CT molecular complexity index is 1200. The van der Waals surface area contributed by atoms with Crippen molar-refractivity contribution in [1.29, 1.82) is 0 Å². The Morgan fingerprint density at radius 3 is 2.30 bits per heavy atom. The number of carbonyl (C=O) groups is 2. The first kappa shape index (κ1) is 26.4. The lowest BCUT2D eigenvalue weighted by Crippen LogP contribution is -2.39. The van der Waals surface area contributed by atoms with Crippen molar-refractivity contribution in [2.24, 2.45) is 5.92 Å². The molecule has 0 radical (unpaired) electrons. The number of halogens is 3. The van der Waals surface area contributed by atoms with Crippen molar-refractivity contribution in [3.8, 4) is 0 Å². The van der Waals surface area contributed by atoms with Crippen LogP contribution >= 0.6 is 0 Å². The minimum absolute atomic E-state index is 0.0572. The van der Waals surface area contributed by atoms with E-state index in [0.29, 0.717) is 31.6 Å². The molecule has 2 amide bonds. The molecule has 1 saturated heterocycles. The van der Waals surface area contributed by atoms with E-state index in [1.165, 1.54) is 12.1 Å². The molecule has 2 atom stereocenters. The zero-order chi connectivity index (χ0) is 26.6. The summed E-state index contributed by atoms with van der Waals surface area (Å²) in [6.45, 7) is 5.08. The zero-order valence-corrected chi connectivity index (χ0v) is 20.9. The van der Waals surface area contributed by atoms with Gasteiger partial charge in [-0.25, -0.2) is 0 Å². The fraction of sp³-hybridized carbons (Fsp3) is 0.393. The number of rotatable bonds is 7. The highest BCUT2D eigenvalue weighted by molar-refractivity contribution is 5.96. The van der Waals surface area contributed by atoms with Crippen LogP contribution < -0.4 is 5.32 Å². The first-order chi connectivity index (χ1) is 17.7. The molecule has 2 aromatic carbocycles. The third-order valence-corrected chi connectivity index (χ3v) is 7.11. The third kappa shape index (κ3) is 6.21. The lowest BCUT2D eigenvalue weighted by Gasteiger charge is -2.32. The molecule has 1 aromatic heterocycles. The molecule has 6 nitrogen and oxygen atoms in total. The van der Waals surface area contributed by atoms with Gasteiger partial charge in [-0.2, -0.15) is 18.3 Å². The molecule has 4 rings (SSSR count). The SMILES string of the molecule is CCC(C)C(C(=O)Nc1cnn(C2CCN(C(=O)c3ccc(C(F)(F)F)cc3)CC2)c1)c1ccccc1. The standard InChI is InChI=1S/C28H31F3N4O2/c1-3-19(2)25(20-7-5-4-6-8-20)26(36)33-23-17-32-35(18-23)24-13-15-34(16-14-24)27(37)21-9-11-22(12-10-21)28(29,30)31/h4-12,17-19,24-25H,3,13-16H2,1-2H3,(H,33,36). The summed E-state index contributed by atoms with van der Waals surface area (Å²) < 4.78 is 40.2. The van der Waals surface area contributed by atoms with Gasteiger partial charge in [0.1, 0.15) is 0 Å². The highest BCUT2D eigenvalue weighted by atomic mass is 19.4. The van der Waals surface area contributed by atoms with Crippen molar-refractivity contribution in [1.82, 2.24) is 14.7 Å². The summed E-state index contributed by atoms with van der Waals surface area (Å²) in [5.41, 5.74) is 1.07. The third-order valence-electron chi connectivity index (χ3n) is 7.11. The van der Waals surface area contributed by atoms with Crippen LogP contribution in [0.4, 0.5) is 18.9 Å². The fourth-order valence-electron chi connectivity index (χ4n) is 4.77. The van der Waals surface area contributed by atoms with Crippen molar-refractivity contribution < 1.29 is 22.8 Å². The summed E-state index contributed by atoms with van der Waals surface area (Å²) in [6.07, 6.45) is 1.20. The van der Waals surface area contributed by atoms with Gasteiger partial charge in [0.2, 0.25) is 5.91 Å². The highest BCUT2D eigenvalue weighted by Gasteiger charge is 2.31. The number of alkyl halides is 3. The van der Waals surface area contributed by atoms with Crippen LogP contribution in [0.15, 0.2) is 67.0 Å². The summed E-state index contributed by atoms with van der Waals surface area (Å²) in [5, 5.41) is 7.45.